The van der Waals surface area contributed by atoms with E-state index in [1.54, 1.807) is 12.1 Å². The first kappa shape index (κ1) is 38.0. The van der Waals surface area contributed by atoms with Crippen molar-refractivity contribution >= 4 is 26.5 Å². The Balaban J connectivity index is 1.56. The van der Waals surface area contributed by atoms with E-state index in [0.29, 0.717) is 31.1 Å². The monoisotopic (exact) mass is 694 g/mol. The molecule has 0 spiro atoms. The zero-order chi connectivity index (χ0) is 33.5. The van der Waals surface area contributed by atoms with Gasteiger partial charge in [-0.3, -0.25) is 0 Å². The van der Waals surface area contributed by atoms with Gasteiger partial charge < -0.3 is 23.1 Å². The highest BCUT2D eigenvalue weighted by molar-refractivity contribution is 7.91. The van der Waals surface area contributed by atoms with Crippen molar-refractivity contribution in [1.29, 1.82) is 0 Å². The summed E-state index contributed by atoms with van der Waals surface area (Å²) in [6.45, 7) is 17.7. The first-order chi connectivity index (χ1) is 22.0. The molecule has 46 heavy (non-hydrogen) atoms. The van der Waals surface area contributed by atoms with Crippen LogP contribution in [0.3, 0.4) is 0 Å². The molecule has 2 bridgehead atoms. The molecule has 0 radical (unpaired) electrons. The van der Waals surface area contributed by atoms with Crippen molar-refractivity contribution < 1.29 is 31.5 Å². The van der Waals surface area contributed by atoms with E-state index >= 15 is 0 Å². The minimum absolute atomic E-state index is 0.00212. The Labute approximate surface area is 282 Å². The molecule has 1 aromatic rings. The second-order valence-corrected chi connectivity index (χ2v) is 25.9. The summed E-state index contributed by atoms with van der Waals surface area (Å²) in [5.41, 5.74) is -0.0328. The fourth-order valence-electron chi connectivity index (χ4n) is 7.70. The highest BCUT2D eigenvalue weighted by atomic mass is 32.2. The van der Waals surface area contributed by atoms with Crippen LogP contribution in [0.5, 0.6) is 0 Å². The number of unbranched alkanes of at least 4 members (excludes halogenated alkanes) is 1. The molecular formula is C36H62O7SSi2. The molecule has 5 rings (SSSR count). The summed E-state index contributed by atoms with van der Waals surface area (Å²) < 4.78 is 60.2. The molecule has 10 heteroatoms. The number of sulfone groups is 1. The van der Waals surface area contributed by atoms with Crippen LogP contribution >= 0.6 is 0 Å². The molecule has 1 aromatic carbocycles. The van der Waals surface area contributed by atoms with Crippen LogP contribution in [0.4, 0.5) is 0 Å². The summed E-state index contributed by atoms with van der Waals surface area (Å²) in [6.07, 6.45) is 8.44. The van der Waals surface area contributed by atoms with Crippen molar-refractivity contribution in [3.63, 3.8) is 0 Å². The lowest BCUT2D eigenvalue weighted by Crippen LogP contribution is -2.58. The lowest BCUT2D eigenvalue weighted by atomic mass is 9.91. The van der Waals surface area contributed by atoms with E-state index < -0.39 is 32.4 Å². The number of allylic oxidation sites excluding steroid dienone is 2. The van der Waals surface area contributed by atoms with Crippen molar-refractivity contribution in [3.8, 4) is 0 Å². The molecule has 3 aliphatic heterocycles. The quantitative estimate of drug-likeness (QED) is 0.0814. The van der Waals surface area contributed by atoms with Gasteiger partial charge in [0.1, 0.15) is 0 Å². The fourth-order valence-corrected chi connectivity index (χ4v) is 15.3. The van der Waals surface area contributed by atoms with Gasteiger partial charge in [-0.2, -0.15) is 0 Å². The standard InChI is InChI=1S/C36H62O7SSi2/c1-8-45(9-2,10-3)42-33-25-34(43-46(11-4,12-5)13-6)32(26-44(37,38)30-21-17-16-18-22-30)31(33)23-19-14-15-20-24-36-39-27-35(7,28-40-36)29-41-36/h14,16-19,21-22,31-34H,8-13,15,20,23-29H2,1-7H3/b19-14-/t31-,32-,33-,34-,35?,36?/m1/s1. The van der Waals surface area contributed by atoms with Crippen LogP contribution in [0, 0.1) is 17.3 Å². The molecule has 1 saturated carbocycles. The van der Waals surface area contributed by atoms with Crippen LogP contribution in [0.1, 0.15) is 80.6 Å². The number of rotatable bonds is 19. The molecule has 4 fully saturated rings. The van der Waals surface area contributed by atoms with Gasteiger partial charge in [0.25, 0.3) is 5.97 Å². The van der Waals surface area contributed by atoms with Crippen molar-refractivity contribution in [2.24, 2.45) is 17.3 Å². The minimum Gasteiger partial charge on any atom is -0.414 e. The molecule has 0 amide bonds. The molecule has 0 N–H and O–H groups in total. The maximum absolute atomic E-state index is 13.9. The fraction of sp³-hybridized carbons (Fsp3) is 0.778. The van der Waals surface area contributed by atoms with Gasteiger partial charge in [-0.15, -0.1) is 0 Å². The lowest BCUT2D eigenvalue weighted by molar-refractivity contribution is -0.467. The van der Waals surface area contributed by atoms with E-state index in [2.05, 4.69) is 60.6 Å². The smallest absolute Gasteiger partial charge is 0.282 e. The number of benzene rings is 1. The third-order valence-corrected chi connectivity index (χ3v) is 22.7. The van der Waals surface area contributed by atoms with Gasteiger partial charge in [0.05, 0.1) is 42.7 Å². The molecule has 0 aromatic heterocycles. The van der Waals surface area contributed by atoms with Gasteiger partial charge in [-0.1, -0.05) is 78.8 Å². The summed E-state index contributed by atoms with van der Waals surface area (Å²) >= 11 is 0. The summed E-state index contributed by atoms with van der Waals surface area (Å²) in [4.78, 5) is 0.397. The zero-order valence-corrected chi connectivity index (χ0v) is 32.5. The average Bonchev–Trinajstić information content (AvgIpc) is 3.38. The molecule has 7 nitrogen and oxygen atoms in total. The molecule has 262 valence electrons. The molecule has 0 unspecified atom stereocenters. The predicted octanol–water partition coefficient (Wildman–Crippen LogP) is 8.73. The Morgan fingerprint density at radius 1 is 0.783 bits per heavy atom. The Morgan fingerprint density at radius 2 is 1.28 bits per heavy atom. The van der Waals surface area contributed by atoms with Gasteiger partial charge in [0.15, 0.2) is 26.5 Å². The summed E-state index contributed by atoms with van der Waals surface area (Å²) in [6, 6.07) is 15.3. The number of hydrogen-bond donors (Lipinski definition) is 0. The van der Waals surface area contributed by atoms with Crippen molar-refractivity contribution in [2.45, 2.75) is 140 Å². The van der Waals surface area contributed by atoms with Gasteiger partial charge in [-0.05, 0) is 80.0 Å². The summed E-state index contributed by atoms with van der Waals surface area (Å²) in [5, 5.41) is 0. The molecule has 4 aliphatic rings. The Morgan fingerprint density at radius 3 is 1.78 bits per heavy atom. The van der Waals surface area contributed by atoms with E-state index in [1.165, 1.54) is 0 Å². The Bertz CT molecular complexity index is 1170. The van der Waals surface area contributed by atoms with Gasteiger partial charge in [0.2, 0.25) is 0 Å². The van der Waals surface area contributed by atoms with Crippen molar-refractivity contribution in [2.75, 3.05) is 25.6 Å². The first-order valence-electron chi connectivity index (χ1n) is 18.2. The summed E-state index contributed by atoms with van der Waals surface area (Å²) in [5.74, 6) is -0.841. The molecule has 3 heterocycles. The van der Waals surface area contributed by atoms with Crippen LogP contribution in [-0.2, 0) is 32.9 Å². The molecule has 1 aliphatic carbocycles. The summed E-state index contributed by atoms with van der Waals surface area (Å²) in [7, 11) is -7.44. The van der Waals surface area contributed by atoms with E-state index in [-0.39, 0.29) is 35.2 Å². The maximum Gasteiger partial charge on any atom is 0.282 e. The predicted molar refractivity (Wildman–Crippen MR) is 191 cm³/mol. The molecule has 4 atom stereocenters. The Kier molecular flexibility index (Phi) is 13.4. The Hall–Kier alpha value is -0.856. The zero-order valence-electron chi connectivity index (χ0n) is 29.7. The van der Waals surface area contributed by atoms with Crippen LogP contribution < -0.4 is 0 Å². The third kappa shape index (κ3) is 8.83. The average molecular weight is 695 g/mol. The van der Waals surface area contributed by atoms with E-state index in [9.17, 15) is 8.42 Å². The molecule has 3 saturated heterocycles. The van der Waals surface area contributed by atoms with Gasteiger partial charge in [-0.25, -0.2) is 8.42 Å². The highest BCUT2D eigenvalue weighted by Crippen LogP contribution is 2.45. The second-order valence-electron chi connectivity index (χ2n) is 14.4. The van der Waals surface area contributed by atoms with E-state index in [4.69, 9.17) is 23.1 Å². The van der Waals surface area contributed by atoms with Gasteiger partial charge >= 0.3 is 0 Å². The van der Waals surface area contributed by atoms with Crippen LogP contribution in [0.25, 0.3) is 0 Å². The number of fused-ring (bicyclic) bond motifs is 3. The van der Waals surface area contributed by atoms with Gasteiger partial charge in [0, 0.05) is 17.8 Å². The normalized spacial score (nSPS) is 30.4. The SMILES string of the molecule is CC[Si](CC)(CC)O[C@@H]1C[C@@H](O[Si](CC)(CC)CC)[C@H](CS(=O)(=O)c2ccccc2)[C@H]1C/C=C\CCCC12OCC(C)(CO1)CO2. The number of ether oxygens (including phenoxy) is 3. The lowest BCUT2D eigenvalue weighted by Gasteiger charge is -2.50. The largest absolute Gasteiger partial charge is 0.414 e. The van der Waals surface area contributed by atoms with Crippen molar-refractivity contribution in [1.82, 2.24) is 0 Å². The maximum atomic E-state index is 13.9. The van der Waals surface area contributed by atoms with Crippen LogP contribution in [0.2, 0.25) is 36.3 Å². The minimum atomic E-state index is -3.51. The van der Waals surface area contributed by atoms with Crippen molar-refractivity contribution in [3.05, 3.63) is 42.5 Å². The third-order valence-electron chi connectivity index (χ3n) is 11.5. The second kappa shape index (κ2) is 16.2. The van der Waals surface area contributed by atoms with E-state index in [0.717, 1.165) is 61.9 Å². The first-order valence-corrected chi connectivity index (χ1v) is 24.9. The number of hydrogen-bond acceptors (Lipinski definition) is 7. The topological polar surface area (TPSA) is 80.3 Å². The van der Waals surface area contributed by atoms with Crippen LogP contribution in [-0.4, -0.2) is 68.8 Å². The van der Waals surface area contributed by atoms with E-state index in [1.807, 2.05) is 18.2 Å². The van der Waals surface area contributed by atoms with Crippen LogP contribution in [0.15, 0.2) is 47.4 Å². The highest BCUT2D eigenvalue weighted by Gasteiger charge is 2.51. The molecular weight excluding hydrogens is 633 g/mol.